The lowest BCUT2D eigenvalue weighted by atomic mass is 10.2. The molecule has 5 N–H and O–H groups in total. The first kappa shape index (κ1) is 8.78. The largest absolute Gasteiger partial charge is 0.379 e. The molecule has 0 aromatic heterocycles. The molecule has 0 saturated carbocycles. The van der Waals surface area contributed by atoms with Crippen molar-refractivity contribution in [3.05, 3.63) is 0 Å². The zero-order valence-electron chi connectivity index (χ0n) is 5.55. The minimum Gasteiger partial charge on any atom is -0.379 e. The highest BCUT2D eigenvalue weighted by atomic mass is 32.2. The first-order chi connectivity index (χ1) is 4.16. The Bertz CT molecular complexity index is 94.2. The van der Waals surface area contributed by atoms with Gasteiger partial charge >= 0.3 is 0 Å². The van der Waals surface area contributed by atoms with Crippen molar-refractivity contribution in [1.82, 2.24) is 0 Å². The van der Waals surface area contributed by atoms with Crippen molar-refractivity contribution in [2.24, 2.45) is 17.4 Å². The molecule has 0 aliphatic heterocycles. The van der Waals surface area contributed by atoms with Crippen molar-refractivity contribution in [2.45, 2.75) is 6.92 Å². The van der Waals surface area contributed by atoms with Crippen LogP contribution in [-0.2, 0) is 0 Å². The number of nitrogens with one attached hydrogen (secondary N) is 1. The van der Waals surface area contributed by atoms with E-state index in [1.54, 1.807) is 0 Å². The highest BCUT2D eigenvalue weighted by molar-refractivity contribution is 8.13. The lowest BCUT2D eigenvalue weighted by Gasteiger charge is -2.04. The smallest absolute Gasteiger partial charge is 0.151 e. The van der Waals surface area contributed by atoms with Gasteiger partial charge in [0, 0.05) is 5.75 Å². The molecule has 0 aliphatic carbocycles. The molecule has 4 heteroatoms. The van der Waals surface area contributed by atoms with Crippen LogP contribution in [0.25, 0.3) is 0 Å². The van der Waals surface area contributed by atoms with Crippen LogP contribution in [0.2, 0.25) is 0 Å². The fourth-order valence-corrected chi connectivity index (χ4v) is 0.900. The summed E-state index contributed by atoms with van der Waals surface area (Å²) in [7, 11) is 0. The van der Waals surface area contributed by atoms with Crippen LogP contribution in [-0.4, -0.2) is 17.5 Å². The van der Waals surface area contributed by atoms with Gasteiger partial charge in [-0.1, -0.05) is 18.7 Å². The topological polar surface area (TPSA) is 75.9 Å². The Kier molecular flexibility index (Phi) is 4.53. The molecule has 0 bridgehead atoms. The summed E-state index contributed by atoms with van der Waals surface area (Å²) in [5.74, 6) is 1.31. The highest BCUT2D eigenvalue weighted by Crippen LogP contribution is 2.04. The average Bonchev–Trinajstić information content (AvgIpc) is 1.83. The van der Waals surface area contributed by atoms with Crippen LogP contribution in [0, 0.1) is 11.3 Å². The summed E-state index contributed by atoms with van der Waals surface area (Å²) in [6.07, 6.45) is 0. The number of amidine groups is 1. The van der Waals surface area contributed by atoms with Gasteiger partial charge in [-0.25, -0.2) is 0 Å². The minimum atomic E-state index is 0.176. The van der Waals surface area contributed by atoms with Gasteiger partial charge in [0.1, 0.15) is 0 Å². The maximum atomic E-state index is 6.86. The van der Waals surface area contributed by atoms with Crippen molar-refractivity contribution >= 4 is 16.9 Å². The van der Waals surface area contributed by atoms with Gasteiger partial charge in [0.15, 0.2) is 5.17 Å². The van der Waals surface area contributed by atoms with Gasteiger partial charge in [0.05, 0.1) is 0 Å². The molecule has 0 amide bonds. The molecular formula is C5H13N3S. The molecule has 0 spiro atoms. The highest BCUT2D eigenvalue weighted by Gasteiger charge is 1.98. The van der Waals surface area contributed by atoms with Crippen molar-refractivity contribution in [2.75, 3.05) is 12.3 Å². The molecule has 0 fully saturated rings. The van der Waals surface area contributed by atoms with E-state index in [1.807, 2.05) is 6.92 Å². The molecule has 0 rings (SSSR count). The van der Waals surface area contributed by atoms with Crippen molar-refractivity contribution in [3.63, 3.8) is 0 Å². The van der Waals surface area contributed by atoms with E-state index in [4.69, 9.17) is 16.9 Å². The maximum Gasteiger partial charge on any atom is 0.151 e. The van der Waals surface area contributed by atoms with Crippen molar-refractivity contribution in [1.29, 1.82) is 5.41 Å². The average molecular weight is 147 g/mol. The van der Waals surface area contributed by atoms with Gasteiger partial charge in [-0.2, -0.15) is 0 Å². The Hall–Kier alpha value is -0.220. The van der Waals surface area contributed by atoms with Crippen LogP contribution in [0.4, 0.5) is 0 Å². The Morgan fingerprint density at radius 3 is 2.67 bits per heavy atom. The quantitative estimate of drug-likeness (QED) is 0.394. The van der Waals surface area contributed by atoms with Crippen LogP contribution in [0.15, 0.2) is 0 Å². The third-order valence-electron chi connectivity index (χ3n) is 0.926. The van der Waals surface area contributed by atoms with E-state index in [2.05, 4.69) is 0 Å². The van der Waals surface area contributed by atoms with Crippen molar-refractivity contribution in [3.8, 4) is 0 Å². The van der Waals surface area contributed by atoms with Crippen LogP contribution in [0.5, 0.6) is 0 Å². The molecule has 0 heterocycles. The molecule has 1 atom stereocenters. The van der Waals surface area contributed by atoms with E-state index in [9.17, 15) is 0 Å². The van der Waals surface area contributed by atoms with E-state index >= 15 is 0 Å². The summed E-state index contributed by atoms with van der Waals surface area (Å²) < 4.78 is 0. The summed E-state index contributed by atoms with van der Waals surface area (Å²) in [5, 5.41) is 7.04. The molecule has 0 radical (unpaired) electrons. The third-order valence-corrected chi connectivity index (χ3v) is 1.97. The molecule has 0 aromatic rings. The molecule has 9 heavy (non-hydrogen) atoms. The molecule has 0 aromatic carbocycles. The van der Waals surface area contributed by atoms with E-state index in [0.717, 1.165) is 5.75 Å². The zero-order chi connectivity index (χ0) is 7.28. The molecular weight excluding hydrogens is 134 g/mol. The summed E-state index contributed by atoms with van der Waals surface area (Å²) in [4.78, 5) is 0. The Morgan fingerprint density at radius 1 is 1.78 bits per heavy atom. The molecule has 0 saturated heterocycles. The second kappa shape index (κ2) is 4.64. The number of rotatable bonds is 3. The summed E-state index contributed by atoms with van der Waals surface area (Å²) in [6.45, 7) is 2.70. The van der Waals surface area contributed by atoms with Gasteiger partial charge in [0.2, 0.25) is 0 Å². The van der Waals surface area contributed by atoms with E-state index in [-0.39, 0.29) is 5.17 Å². The van der Waals surface area contributed by atoms with Gasteiger partial charge in [-0.3, -0.25) is 5.41 Å². The zero-order valence-corrected chi connectivity index (χ0v) is 6.37. The summed E-state index contributed by atoms with van der Waals surface area (Å²) in [6, 6.07) is 0. The fraction of sp³-hybridized carbons (Fsp3) is 0.800. The number of nitrogens with two attached hydrogens (primary N) is 2. The number of hydrogen-bond acceptors (Lipinski definition) is 3. The lowest BCUT2D eigenvalue weighted by Crippen LogP contribution is -2.15. The van der Waals surface area contributed by atoms with Gasteiger partial charge in [-0.05, 0) is 12.5 Å². The van der Waals surface area contributed by atoms with E-state index in [1.165, 1.54) is 11.8 Å². The third kappa shape index (κ3) is 5.65. The minimum absolute atomic E-state index is 0.176. The second-order valence-corrected chi connectivity index (χ2v) is 3.08. The lowest BCUT2D eigenvalue weighted by molar-refractivity contribution is 0.676. The Balaban J connectivity index is 3.16. The van der Waals surface area contributed by atoms with Gasteiger partial charge < -0.3 is 11.5 Å². The van der Waals surface area contributed by atoms with Crippen molar-refractivity contribution < 1.29 is 0 Å². The van der Waals surface area contributed by atoms with E-state index < -0.39 is 0 Å². The van der Waals surface area contributed by atoms with Crippen LogP contribution < -0.4 is 11.5 Å². The maximum absolute atomic E-state index is 6.86. The first-order valence-corrected chi connectivity index (χ1v) is 3.82. The van der Waals surface area contributed by atoms with Crippen LogP contribution >= 0.6 is 11.8 Å². The second-order valence-electron chi connectivity index (χ2n) is 2.02. The number of thioether (sulfide) groups is 1. The SMILES string of the molecule is CC(CN)CSC(=N)N. The molecule has 3 nitrogen and oxygen atoms in total. The Morgan fingerprint density at radius 2 is 2.33 bits per heavy atom. The van der Waals surface area contributed by atoms with Gasteiger partial charge in [0.25, 0.3) is 0 Å². The Labute approximate surface area is 59.7 Å². The summed E-state index contributed by atoms with van der Waals surface area (Å²) >= 11 is 1.35. The van der Waals surface area contributed by atoms with Gasteiger partial charge in [-0.15, -0.1) is 0 Å². The fourth-order valence-electron chi connectivity index (χ4n) is 0.300. The van der Waals surface area contributed by atoms with Crippen LogP contribution in [0.1, 0.15) is 6.92 Å². The summed E-state index contributed by atoms with van der Waals surface area (Å²) in [5.41, 5.74) is 10.4. The predicted octanol–water partition coefficient (Wildman–Crippen LogP) is 0.208. The molecule has 1 unspecified atom stereocenters. The first-order valence-electron chi connectivity index (χ1n) is 2.83. The monoisotopic (exact) mass is 147 g/mol. The van der Waals surface area contributed by atoms with E-state index in [0.29, 0.717) is 12.5 Å². The number of hydrogen-bond donors (Lipinski definition) is 3. The standard InChI is InChI=1S/C5H13N3S/c1-4(2-6)3-9-5(7)8/h4H,2-3,6H2,1H3,(H3,7,8). The van der Waals surface area contributed by atoms with Crippen LogP contribution in [0.3, 0.4) is 0 Å². The normalized spacial score (nSPS) is 13.1. The predicted molar refractivity (Wildman–Crippen MR) is 42.6 cm³/mol. The molecule has 0 aliphatic rings. The molecule has 54 valence electrons.